The average molecular weight is 217 g/mol. The molecule has 0 bridgehead atoms. The monoisotopic (exact) mass is 216 g/mol. The van der Waals surface area contributed by atoms with Gasteiger partial charge in [-0.2, -0.15) is 0 Å². The first-order chi connectivity index (χ1) is 5.17. The zero-order valence-corrected chi connectivity index (χ0v) is 7.54. The Hall–Kier alpha value is -0.540. The Balaban J connectivity index is 2.81. The van der Waals surface area contributed by atoms with Crippen LogP contribution in [-0.2, 0) is 4.51 Å². The maximum atomic E-state index is 9.63. The quantitative estimate of drug-likeness (QED) is 0.622. The standard InChI is InChI=1S/C8H9BrO2/c1-2-5-8(9,10)7-4-3-6-11-7/h2-4,6,10H,1,5H2. The van der Waals surface area contributed by atoms with Crippen molar-refractivity contribution in [3.8, 4) is 0 Å². The Morgan fingerprint density at radius 2 is 2.55 bits per heavy atom. The van der Waals surface area contributed by atoms with E-state index in [1.165, 1.54) is 6.26 Å². The minimum atomic E-state index is -1.10. The molecule has 0 spiro atoms. The molecule has 2 nitrogen and oxygen atoms in total. The number of halogens is 1. The molecule has 0 aliphatic rings. The summed E-state index contributed by atoms with van der Waals surface area (Å²) in [5.41, 5.74) is 0. The van der Waals surface area contributed by atoms with E-state index in [9.17, 15) is 5.11 Å². The van der Waals surface area contributed by atoms with Gasteiger partial charge in [0.25, 0.3) is 0 Å². The predicted molar refractivity (Wildman–Crippen MR) is 46.3 cm³/mol. The van der Waals surface area contributed by atoms with Gasteiger partial charge in [0, 0.05) is 6.42 Å². The summed E-state index contributed by atoms with van der Waals surface area (Å²) >= 11 is 3.12. The molecule has 1 atom stereocenters. The Morgan fingerprint density at radius 3 is 3.00 bits per heavy atom. The van der Waals surface area contributed by atoms with Crippen molar-refractivity contribution in [1.82, 2.24) is 0 Å². The molecular formula is C8H9BrO2. The fourth-order valence-electron chi connectivity index (χ4n) is 0.788. The maximum Gasteiger partial charge on any atom is 0.180 e. The molecule has 11 heavy (non-hydrogen) atoms. The lowest BCUT2D eigenvalue weighted by molar-refractivity contribution is 0.122. The molecule has 60 valence electrons. The Labute approximate surface area is 73.7 Å². The summed E-state index contributed by atoms with van der Waals surface area (Å²) in [6.07, 6.45) is 3.56. The van der Waals surface area contributed by atoms with E-state index in [1.807, 2.05) is 0 Å². The van der Waals surface area contributed by atoms with Crippen molar-refractivity contribution in [2.45, 2.75) is 10.9 Å². The van der Waals surface area contributed by atoms with Crippen molar-refractivity contribution < 1.29 is 9.52 Å². The third-order valence-corrected chi connectivity index (χ3v) is 2.03. The van der Waals surface area contributed by atoms with Gasteiger partial charge in [0.15, 0.2) is 4.51 Å². The minimum absolute atomic E-state index is 0.417. The van der Waals surface area contributed by atoms with Crippen LogP contribution < -0.4 is 0 Å². The molecule has 3 heteroatoms. The van der Waals surface area contributed by atoms with Gasteiger partial charge in [-0.15, -0.1) is 6.58 Å². The SMILES string of the molecule is C=CCC(O)(Br)c1ccco1. The second-order valence-electron chi connectivity index (χ2n) is 2.23. The Morgan fingerprint density at radius 1 is 1.82 bits per heavy atom. The van der Waals surface area contributed by atoms with Gasteiger partial charge in [0.05, 0.1) is 6.26 Å². The average Bonchev–Trinajstić information content (AvgIpc) is 2.37. The van der Waals surface area contributed by atoms with Crippen LogP contribution in [0.25, 0.3) is 0 Å². The molecule has 0 aromatic carbocycles. The van der Waals surface area contributed by atoms with Crippen LogP contribution in [-0.4, -0.2) is 5.11 Å². The topological polar surface area (TPSA) is 33.4 Å². The fraction of sp³-hybridized carbons (Fsp3) is 0.250. The smallest absolute Gasteiger partial charge is 0.180 e. The normalized spacial score (nSPS) is 15.8. The fourth-order valence-corrected chi connectivity index (χ4v) is 1.24. The molecule has 0 amide bonds. The van der Waals surface area contributed by atoms with Crippen molar-refractivity contribution in [1.29, 1.82) is 0 Å². The lowest BCUT2D eigenvalue weighted by Gasteiger charge is -2.15. The van der Waals surface area contributed by atoms with Gasteiger partial charge >= 0.3 is 0 Å². The van der Waals surface area contributed by atoms with E-state index in [-0.39, 0.29) is 0 Å². The molecule has 0 saturated heterocycles. The summed E-state index contributed by atoms with van der Waals surface area (Å²) in [5, 5.41) is 9.63. The van der Waals surface area contributed by atoms with Crippen LogP contribution in [0.15, 0.2) is 35.5 Å². The van der Waals surface area contributed by atoms with Gasteiger partial charge < -0.3 is 9.52 Å². The summed E-state index contributed by atoms with van der Waals surface area (Å²) in [7, 11) is 0. The molecule has 1 unspecified atom stereocenters. The zero-order chi connectivity index (χ0) is 8.32. The number of hydrogen-bond acceptors (Lipinski definition) is 2. The molecule has 0 aliphatic heterocycles. The molecule has 0 aliphatic carbocycles. The first-order valence-corrected chi connectivity index (χ1v) is 4.02. The summed E-state index contributed by atoms with van der Waals surface area (Å²) in [4.78, 5) is 0. The summed E-state index contributed by atoms with van der Waals surface area (Å²) in [6, 6.07) is 3.43. The van der Waals surface area contributed by atoms with E-state index in [0.29, 0.717) is 12.2 Å². The number of alkyl halides is 1. The van der Waals surface area contributed by atoms with Crippen molar-refractivity contribution in [3.05, 3.63) is 36.8 Å². The van der Waals surface area contributed by atoms with E-state index >= 15 is 0 Å². The van der Waals surface area contributed by atoms with Gasteiger partial charge in [-0.1, -0.05) is 6.08 Å². The van der Waals surface area contributed by atoms with Gasteiger partial charge in [0.2, 0.25) is 0 Å². The first-order valence-electron chi connectivity index (χ1n) is 3.23. The molecular weight excluding hydrogens is 208 g/mol. The van der Waals surface area contributed by atoms with Gasteiger partial charge in [-0.3, -0.25) is 0 Å². The summed E-state index contributed by atoms with van der Waals surface area (Å²) < 4.78 is 3.91. The van der Waals surface area contributed by atoms with Crippen LogP contribution in [0.4, 0.5) is 0 Å². The maximum absolute atomic E-state index is 9.63. The Kier molecular flexibility index (Phi) is 2.52. The number of hydrogen-bond donors (Lipinski definition) is 1. The van der Waals surface area contributed by atoms with Gasteiger partial charge in [0.1, 0.15) is 5.76 Å². The molecule has 1 aromatic rings. The van der Waals surface area contributed by atoms with Crippen molar-refractivity contribution >= 4 is 15.9 Å². The Bertz CT molecular complexity index is 226. The van der Waals surface area contributed by atoms with Crippen molar-refractivity contribution in [3.63, 3.8) is 0 Å². The largest absolute Gasteiger partial charge is 0.465 e. The summed E-state index contributed by atoms with van der Waals surface area (Å²) in [6.45, 7) is 3.52. The van der Waals surface area contributed by atoms with Gasteiger partial charge in [-0.05, 0) is 28.1 Å². The molecule has 1 heterocycles. The van der Waals surface area contributed by atoms with Crippen LogP contribution in [0.5, 0.6) is 0 Å². The highest BCUT2D eigenvalue weighted by Crippen LogP contribution is 2.31. The van der Waals surface area contributed by atoms with Crippen molar-refractivity contribution in [2.24, 2.45) is 0 Å². The summed E-state index contributed by atoms with van der Waals surface area (Å²) in [5.74, 6) is 0.498. The molecule has 0 fully saturated rings. The van der Waals surface area contributed by atoms with Gasteiger partial charge in [-0.25, -0.2) is 0 Å². The van der Waals surface area contributed by atoms with E-state index in [4.69, 9.17) is 4.42 Å². The molecule has 0 saturated carbocycles. The van der Waals surface area contributed by atoms with E-state index in [2.05, 4.69) is 22.5 Å². The van der Waals surface area contributed by atoms with E-state index in [1.54, 1.807) is 18.2 Å². The highest BCUT2D eigenvalue weighted by Gasteiger charge is 2.26. The highest BCUT2D eigenvalue weighted by atomic mass is 79.9. The second kappa shape index (κ2) is 3.24. The van der Waals surface area contributed by atoms with Crippen LogP contribution in [0, 0.1) is 0 Å². The van der Waals surface area contributed by atoms with Crippen LogP contribution in [0.3, 0.4) is 0 Å². The number of furan rings is 1. The molecule has 1 rings (SSSR count). The third-order valence-electron chi connectivity index (χ3n) is 1.31. The number of aliphatic hydroxyl groups is 1. The first kappa shape index (κ1) is 8.56. The molecule has 0 radical (unpaired) electrons. The minimum Gasteiger partial charge on any atom is -0.465 e. The molecule has 1 aromatic heterocycles. The van der Waals surface area contributed by atoms with Crippen LogP contribution >= 0.6 is 15.9 Å². The van der Waals surface area contributed by atoms with E-state index in [0.717, 1.165) is 0 Å². The zero-order valence-electron chi connectivity index (χ0n) is 5.96. The lowest BCUT2D eigenvalue weighted by Crippen LogP contribution is -2.14. The second-order valence-corrected chi connectivity index (χ2v) is 3.54. The molecule has 1 N–H and O–H groups in total. The van der Waals surface area contributed by atoms with Crippen LogP contribution in [0.2, 0.25) is 0 Å². The predicted octanol–water partition coefficient (Wildman–Crippen LogP) is 2.40. The van der Waals surface area contributed by atoms with Crippen molar-refractivity contribution in [2.75, 3.05) is 0 Å². The van der Waals surface area contributed by atoms with E-state index < -0.39 is 4.51 Å². The number of rotatable bonds is 3. The highest BCUT2D eigenvalue weighted by molar-refractivity contribution is 9.09. The lowest BCUT2D eigenvalue weighted by atomic mass is 10.2. The third kappa shape index (κ3) is 1.94. The van der Waals surface area contributed by atoms with Crippen LogP contribution in [0.1, 0.15) is 12.2 Å².